The highest BCUT2D eigenvalue weighted by molar-refractivity contribution is 5.97. The van der Waals surface area contributed by atoms with E-state index >= 15 is 0 Å². The van der Waals surface area contributed by atoms with Crippen LogP contribution in [0, 0.1) is 0 Å². The van der Waals surface area contributed by atoms with Crippen molar-refractivity contribution in [2.45, 2.75) is 37.5 Å². The van der Waals surface area contributed by atoms with E-state index in [0.29, 0.717) is 13.0 Å². The normalized spacial score (nSPS) is 24.8. The molecule has 7 heteroatoms. The van der Waals surface area contributed by atoms with Crippen LogP contribution in [0.15, 0.2) is 48.5 Å². The Morgan fingerprint density at radius 3 is 2.85 bits per heavy atom. The molecule has 1 aromatic heterocycles. The fourth-order valence-electron chi connectivity index (χ4n) is 5.67. The van der Waals surface area contributed by atoms with Crippen molar-refractivity contribution in [3.05, 3.63) is 65.4 Å². The van der Waals surface area contributed by atoms with Crippen molar-refractivity contribution in [2.75, 3.05) is 26.8 Å². The van der Waals surface area contributed by atoms with Gasteiger partial charge in [-0.1, -0.05) is 30.3 Å². The van der Waals surface area contributed by atoms with Crippen LogP contribution in [0.4, 0.5) is 0 Å². The number of hydrogen-bond acceptors (Lipinski definition) is 4. The summed E-state index contributed by atoms with van der Waals surface area (Å²) >= 11 is 0. The average Bonchev–Trinajstić information content (AvgIpc) is 3.48. The maximum atomic E-state index is 13.7. The van der Waals surface area contributed by atoms with Gasteiger partial charge in [0.1, 0.15) is 11.8 Å². The summed E-state index contributed by atoms with van der Waals surface area (Å²) in [6.45, 7) is 1.30. The van der Waals surface area contributed by atoms with Gasteiger partial charge in [-0.3, -0.25) is 9.59 Å². The highest BCUT2D eigenvalue weighted by atomic mass is 16.5. The smallest absolute Gasteiger partial charge is 0.246 e. The summed E-state index contributed by atoms with van der Waals surface area (Å²) in [5, 5.41) is 1.11. The van der Waals surface area contributed by atoms with Crippen molar-refractivity contribution < 1.29 is 19.1 Å². The molecule has 2 saturated heterocycles. The van der Waals surface area contributed by atoms with Gasteiger partial charge in [0.25, 0.3) is 0 Å². The molecule has 2 aromatic carbocycles. The zero-order chi connectivity index (χ0) is 22.5. The number of ether oxygens (including phenoxy) is 2. The number of amides is 2. The molecule has 170 valence electrons. The van der Waals surface area contributed by atoms with Crippen molar-refractivity contribution in [3.63, 3.8) is 0 Å². The number of carbonyl (C=O) groups excluding carboxylic acids is 2. The number of rotatable bonds is 4. The minimum absolute atomic E-state index is 0.00827. The summed E-state index contributed by atoms with van der Waals surface area (Å²) in [5.74, 6) is 0.701. The Kier molecular flexibility index (Phi) is 4.87. The Morgan fingerprint density at radius 2 is 2.03 bits per heavy atom. The van der Waals surface area contributed by atoms with Crippen LogP contribution in [0.25, 0.3) is 10.9 Å². The van der Waals surface area contributed by atoms with Gasteiger partial charge in [0.2, 0.25) is 11.8 Å². The van der Waals surface area contributed by atoms with Crippen LogP contribution in [0.2, 0.25) is 0 Å². The lowest BCUT2D eigenvalue weighted by molar-refractivity contribution is -0.159. The first kappa shape index (κ1) is 20.3. The van der Waals surface area contributed by atoms with Crippen LogP contribution in [-0.2, 0) is 20.7 Å². The van der Waals surface area contributed by atoms with Crippen LogP contribution < -0.4 is 4.74 Å². The maximum Gasteiger partial charge on any atom is 0.246 e. The van der Waals surface area contributed by atoms with E-state index in [1.165, 1.54) is 0 Å². The second-order valence-electron chi connectivity index (χ2n) is 9.12. The molecule has 7 nitrogen and oxygen atoms in total. The Hall–Kier alpha value is -3.32. The van der Waals surface area contributed by atoms with Crippen LogP contribution in [-0.4, -0.2) is 65.6 Å². The number of methoxy groups -OCH3 is 1. The maximum absolute atomic E-state index is 13.7. The fourth-order valence-corrected chi connectivity index (χ4v) is 5.67. The molecule has 3 atom stereocenters. The zero-order valence-corrected chi connectivity index (χ0v) is 18.6. The molecule has 0 spiro atoms. The summed E-state index contributed by atoms with van der Waals surface area (Å²) in [6, 6.07) is 15.0. The molecule has 6 rings (SSSR count). The first-order valence-corrected chi connectivity index (χ1v) is 11.6. The molecule has 3 unspecified atom stereocenters. The number of benzene rings is 2. The molecule has 0 aliphatic carbocycles. The van der Waals surface area contributed by atoms with Gasteiger partial charge in [-0.25, -0.2) is 0 Å². The van der Waals surface area contributed by atoms with E-state index in [1.54, 1.807) is 16.9 Å². The van der Waals surface area contributed by atoms with Crippen LogP contribution in [0.1, 0.15) is 35.7 Å². The molecule has 2 amide bonds. The van der Waals surface area contributed by atoms with E-state index in [9.17, 15) is 9.59 Å². The van der Waals surface area contributed by atoms with E-state index in [2.05, 4.69) is 11.1 Å². The molecule has 4 heterocycles. The van der Waals surface area contributed by atoms with Gasteiger partial charge < -0.3 is 24.3 Å². The monoisotopic (exact) mass is 445 g/mol. The lowest BCUT2D eigenvalue weighted by atomic mass is 9.86. The average molecular weight is 446 g/mol. The first-order valence-electron chi connectivity index (χ1n) is 11.6. The molecule has 0 radical (unpaired) electrons. The molecule has 3 aliphatic rings. The molecule has 2 fully saturated rings. The van der Waals surface area contributed by atoms with Crippen molar-refractivity contribution in [3.8, 4) is 5.75 Å². The molecular weight excluding hydrogens is 418 g/mol. The number of piperazine rings is 1. The fraction of sp³-hybridized carbons (Fsp3) is 0.385. The number of nitrogens with one attached hydrogen (secondary N) is 1. The van der Waals surface area contributed by atoms with Crippen molar-refractivity contribution in [2.24, 2.45) is 0 Å². The van der Waals surface area contributed by atoms with Crippen LogP contribution in [0.5, 0.6) is 5.75 Å². The predicted molar refractivity (Wildman–Crippen MR) is 123 cm³/mol. The lowest BCUT2D eigenvalue weighted by Crippen LogP contribution is -2.63. The molecule has 3 aromatic rings. The SMILES string of the molecule is COc1cccc(C2c3[nH]c4ccccc4c3CC3C(=O)N(CC4CCCO4)CC(=O)N32)c1. The van der Waals surface area contributed by atoms with Crippen LogP contribution in [0.3, 0.4) is 0 Å². The molecule has 0 saturated carbocycles. The number of aromatic nitrogens is 1. The molecule has 33 heavy (non-hydrogen) atoms. The summed E-state index contributed by atoms with van der Waals surface area (Å²) in [4.78, 5) is 34.3. The minimum atomic E-state index is -0.532. The number of carbonyl (C=O) groups is 2. The third kappa shape index (κ3) is 3.30. The van der Waals surface area contributed by atoms with Gasteiger partial charge in [0.05, 0.1) is 25.8 Å². The summed E-state index contributed by atoms with van der Waals surface area (Å²) < 4.78 is 11.2. The molecular formula is C26H27N3O4. The predicted octanol–water partition coefficient (Wildman–Crippen LogP) is 3.04. The van der Waals surface area contributed by atoms with Crippen molar-refractivity contribution >= 4 is 22.7 Å². The van der Waals surface area contributed by atoms with E-state index in [-0.39, 0.29) is 30.5 Å². The van der Waals surface area contributed by atoms with E-state index in [1.807, 2.05) is 42.5 Å². The zero-order valence-electron chi connectivity index (χ0n) is 18.6. The Balaban J connectivity index is 1.46. The number of nitrogens with zero attached hydrogens (tertiary/aromatic N) is 2. The van der Waals surface area contributed by atoms with Crippen molar-refractivity contribution in [1.82, 2.24) is 14.8 Å². The number of fused-ring (bicyclic) bond motifs is 4. The standard InChI is InChI=1S/C26H27N3O4/c1-32-17-7-4-6-16(12-17)25-24-20(19-9-2-3-10-21(19)27-24)13-22-26(31)28(15-23(30)29(22)25)14-18-8-5-11-33-18/h2-4,6-7,9-10,12,18,22,25,27H,5,8,11,13-15H2,1H3. The molecule has 3 aliphatic heterocycles. The lowest BCUT2D eigenvalue weighted by Gasteiger charge is -2.47. The number of aromatic amines is 1. The third-order valence-corrected chi connectivity index (χ3v) is 7.20. The largest absolute Gasteiger partial charge is 0.497 e. The first-order chi connectivity index (χ1) is 16.1. The Bertz CT molecular complexity index is 1230. The Labute approximate surface area is 192 Å². The van der Waals surface area contributed by atoms with Gasteiger partial charge >= 0.3 is 0 Å². The topological polar surface area (TPSA) is 74.9 Å². The van der Waals surface area contributed by atoms with E-state index in [4.69, 9.17) is 9.47 Å². The van der Waals surface area contributed by atoms with Crippen LogP contribution >= 0.6 is 0 Å². The van der Waals surface area contributed by atoms with Gasteiger partial charge in [0, 0.05) is 36.2 Å². The summed E-state index contributed by atoms with van der Waals surface area (Å²) in [7, 11) is 1.63. The highest BCUT2D eigenvalue weighted by Crippen LogP contribution is 2.43. The van der Waals surface area contributed by atoms with Gasteiger partial charge in [0.15, 0.2) is 0 Å². The van der Waals surface area contributed by atoms with E-state index < -0.39 is 6.04 Å². The van der Waals surface area contributed by atoms with Gasteiger partial charge in [-0.2, -0.15) is 0 Å². The Morgan fingerprint density at radius 1 is 1.15 bits per heavy atom. The number of para-hydroxylation sites is 1. The van der Waals surface area contributed by atoms with Crippen molar-refractivity contribution in [1.29, 1.82) is 0 Å². The number of hydrogen-bond donors (Lipinski definition) is 1. The van der Waals surface area contributed by atoms with Gasteiger partial charge in [-0.15, -0.1) is 0 Å². The summed E-state index contributed by atoms with van der Waals surface area (Å²) in [6.07, 6.45) is 2.47. The third-order valence-electron chi connectivity index (χ3n) is 7.20. The van der Waals surface area contributed by atoms with E-state index in [0.717, 1.165) is 52.9 Å². The second kappa shape index (κ2) is 7.92. The molecule has 0 bridgehead atoms. The summed E-state index contributed by atoms with van der Waals surface area (Å²) in [5.41, 5.74) is 4.04. The molecule has 1 N–H and O–H groups in total. The number of H-pyrrole nitrogens is 1. The minimum Gasteiger partial charge on any atom is -0.497 e. The second-order valence-corrected chi connectivity index (χ2v) is 9.12. The van der Waals surface area contributed by atoms with Gasteiger partial charge in [-0.05, 0) is 42.2 Å². The highest BCUT2D eigenvalue weighted by Gasteiger charge is 2.48. The quantitative estimate of drug-likeness (QED) is 0.670.